The van der Waals surface area contributed by atoms with E-state index in [-0.39, 0.29) is 11.2 Å². The van der Waals surface area contributed by atoms with Gasteiger partial charge in [-0.2, -0.15) is 12.6 Å². The van der Waals surface area contributed by atoms with Crippen LogP contribution in [-0.2, 0) is 9.53 Å². The fourth-order valence-corrected chi connectivity index (χ4v) is 2.82. The van der Waals surface area contributed by atoms with Gasteiger partial charge < -0.3 is 9.64 Å². The van der Waals surface area contributed by atoms with E-state index < -0.39 is 0 Å². The summed E-state index contributed by atoms with van der Waals surface area (Å²) in [5.41, 5.74) is 0. The van der Waals surface area contributed by atoms with Crippen LogP contribution < -0.4 is 0 Å². The molecule has 0 aromatic heterocycles. The third kappa shape index (κ3) is 3.19. The summed E-state index contributed by atoms with van der Waals surface area (Å²) in [5.74, 6) is 0.493. The van der Waals surface area contributed by atoms with Crippen molar-refractivity contribution in [2.75, 3.05) is 39.4 Å². The standard InChI is InChI=1S/C13H24N2O2S/c1-10(2)12(18)13(16)15-4-3-11(9-15)14-5-7-17-8-6-14/h10-12,18H,3-9H2,1-2H3. The highest BCUT2D eigenvalue weighted by atomic mass is 32.1. The van der Waals surface area contributed by atoms with Crippen LogP contribution in [0.1, 0.15) is 20.3 Å². The largest absolute Gasteiger partial charge is 0.379 e. The normalized spacial score (nSPS) is 27.8. The number of ether oxygens (including phenoxy) is 1. The Hall–Kier alpha value is -0.260. The van der Waals surface area contributed by atoms with E-state index in [1.165, 1.54) is 0 Å². The van der Waals surface area contributed by atoms with E-state index >= 15 is 0 Å². The van der Waals surface area contributed by atoms with E-state index in [1.807, 2.05) is 18.7 Å². The quantitative estimate of drug-likeness (QED) is 0.774. The van der Waals surface area contributed by atoms with Crippen molar-refractivity contribution in [1.29, 1.82) is 0 Å². The molecule has 2 rings (SSSR count). The molecule has 2 unspecified atom stereocenters. The van der Waals surface area contributed by atoms with Gasteiger partial charge in [0.05, 0.1) is 18.5 Å². The number of thiol groups is 1. The Balaban J connectivity index is 1.85. The minimum absolute atomic E-state index is 0.159. The molecular formula is C13H24N2O2S. The average molecular weight is 272 g/mol. The van der Waals surface area contributed by atoms with Gasteiger partial charge in [-0.25, -0.2) is 0 Å². The van der Waals surface area contributed by atoms with E-state index in [9.17, 15) is 4.79 Å². The van der Waals surface area contributed by atoms with Crippen LogP contribution in [0.2, 0.25) is 0 Å². The summed E-state index contributed by atoms with van der Waals surface area (Å²) in [6.45, 7) is 9.49. The van der Waals surface area contributed by atoms with Crippen LogP contribution in [0.3, 0.4) is 0 Å². The van der Waals surface area contributed by atoms with Crippen LogP contribution in [0.15, 0.2) is 0 Å². The first-order valence-electron chi connectivity index (χ1n) is 6.88. The molecule has 2 atom stereocenters. The Morgan fingerprint density at radius 2 is 1.94 bits per heavy atom. The molecular weight excluding hydrogens is 248 g/mol. The number of morpholine rings is 1. The van der Waals surface area contributed by atoms with E-state index in [2.05, 4.69) is 17.5 Å². The number of nitrogens with zero attached hydrogens (tertiary/aromatic N) is 2. The van der Waals surface area contributed by atoms with Gasteiger partial charge in [0.2, 0.25) is 5.91 Å². The lowest BCUT2D eigenvalue weighted by molar-refractivity contribution is -0.130. The molecule has 0 aromatic carbocycles. The second-order valence-corrected chi connectivity index (χ2v) is 6.12. The Morgan fingerprint density at radius 1 is 1.28 bits per heavy atom. The molecule has 0 spiro atoms. The highest BCUT2D eigenvalue weighted by Crippen LogP contribution is 2.20. The predicted octanol–water partition coefficient (Wildman–Crippen LogP) is 0.874. The van der Waals surface area contributed by atoms with E-state index in [1.54, 1.807) is 0 Å². The first-order chi connectivity index (χ1) is 8.59. The topological polar surface area (TPSA) is 32.8 Å². The zero-order valence-corrected chi connectivity index (χ0v) is 12.2. The summed E-state index contributed by atoms with van der Waals surface area (Å²) in [5, 5.41) is -0.159. The maximum Gasteiger partial charge on any atom is 0.235 e. The summed E-state index contributed by atoms with van der Waals surface area (Å²) >= 11 is 4.43. The minimum Gasteiger partial charge on any atom is -0.379 e. The molecule has 0 bridgehead atoms. The molecule has 104 valence electrons. The van der Waals surface area contributed by atoms with Crippen molar-refractivity contribution < 1.29 is 9.53 Å². The molecule has 2 aliphatic rings. The maximum atomic E-state index is 12.2. The molecule has 0 saturated carbocycles. The van der Waals surface area contributed by atoms with Crippen LogP contribution in [0.4, 0.5) is 0 Å². The summed E-state index contributed by atoms with van der Waals surface area (Å²) in [6, 6.07) is 0.519. The number of carbonyl (C=O) groups excluding carboxylic acids is 1. The molecule has 4 nitrogen and oxygen atoms in total. The second-order valence-electron chi connectivity index (χ2n) is 5.56. The van der Waals surface area contributed by atoms with Crippen LogP contribution >= 0.6 is 12.6 Å². The molecule has 0 N–H and O–H groups in total. The van der Waals surface area contributed by atoms with Gasteiger partial charge in [-0.15, -0.1) is 0 Å². The van der Waals surface area contributed by atoms with E-state index in [0.717, 1.165) is 45.8 Å². The number of hydrogen-bond donors (Lipinski definition) is 1. The molecule has 0 aliphatic carbocycles. The molecule has 2 aliphatic heterocycles. The number of amides is 1. The number of carbonyl (C=O) groups is 1. The SMILES string of the molecule is CC(C)C(S)C(=O)N1CCC(N2CCOCC2)C1. The summed E-state index contributed by atoms with van der Waals surface area (Å²) in [6.07, 6.45) is 1.09. The molecule has 2 fully saturated rings. The van der Waals surface area contributed by atoms with E-state index in [4.69, 9.17) is 4.74 Å². The second kappa shape index (κ2) is 6.26. The van der Waals surface area contributed by atoms with Gasteiger partial charge in [-0.3, -0.25) is 9.69 Å². The van der Waals surface area contributed by atoms with Crippen molar-refractivity contribution in [2.24, 2.45) is 5.92 Å². The Kier molecular flexibility index (Phi) is 4.92. The Bertz CT molecular complexity index is 293. The number of rotatable bonds is 3. The van der Waals surface area contributed by atoms with Crippen molar-refractivity contribution in [2.45, 2.75) is 31.6 Å². The van der Waals surface area contributed by atoms with Gasteiger partial charge in [-0.1, -0.05) is 13.8 Å². The number of likely N-dealkylation sites (tertiary alicyclic amines) is 1. The molecule has 2 saturated heterocycles. The van der Waals surface area contributed by atoms with Crippen LogP contribution in [-0.4, -0.2) is 66.4 Å². The highest BCUT2D eigenvalue weighted by Gasteiger charge is 2.33. The molecule has 1 amide bonds. The summed E-state index contributed by atoms with van der Waals surface area (Å²) in [4.78, 5) is 16.7. The zero-order valence-electron chi connectivity index (χ0n) is 11.3. The van der Waals surface area contributed by atoms with Gasteiger partial charge in [0.15, 0.2) is 0 Å². The highest BCUT2D eigenvalue weighted by molar-refractivity contribution is 7.81. The van der Waals surface area contributed by atoms with Crippen molar-refractivity contribution in [1.82, 2.24) is 9.80 Å². The van der Waals surface area contributed by atoms with Gasteiger partial charge in [0.1, 0.15) is 0 Å². The van der Waals surface area contributed by atoms with Gasteiger partial charge in [0, 0.05) is 32.2 Å². The summed E-state index contributed by atoms with van der Waals surface area (Å²) < 4.78 is 5.37. The average Bonchev–Trinajstić information content (AvgIpc) is 2.87. The fraction of sp³-hybridized carbons (Fsp3) is 0.923. The van der Waals surface area contributed by atoms with Crippen molar-refractivity contribution in [3.05, 3.63) is 0 Å². The molecule has 5 heteroatoms. The lowest BCUT2D eigenvalue weighted by atomic mass is 10.1. The minimum atomic E-state index is -0.159. The van der Waals surface area contributed by atoms with Crippen LogP contribution in [0.25, 0.3) is 0 Å². The van der Waals surface area contributed by atoms with Gasteiger partial charge >= 0.3 is 0 Å². The first-order valence-corrected chi connectivity index (χ1v) is 7.40. The first kappa shape index (κ1) is 14.2. The van der Waals surface area contributed by atoms with E-state index in [0.29, 0.717) is 12.0 Å². The van der Waals surface area contributed by atoms with Gasteiger partial charge in [-0.05, 0) is 12.3 Å². The van der Waals surface area contributed by atoms with Crippen molar-refractivity contribution >= 4 is 18.5 Å². The smallest absolute Gasteiger partial charge is 0.235 e. The molecule has 2 heterocycles. The maximum absolute atomic E-state index is 12.2. The summed E-state index contributed by atoms with van der Waals surface area (Å²) in [7, 11) is 0. The van der Waals surface area contributed by atoms with Crippen LogP contribution in [0.5, 0.6) is 0 Å². The zero-order chi connectivity index (χ0) is 13.1. The Labute approximate surface area is 115 Å². The Morgan fingerprint density at radius 3 is 2.56 bits per heavy atom. The number of hydrogen-bond acceptors (Lipinski definition) is 4. The molecule has 0 radical (unpaired) electrons. The molecule has 0 aromatic rings. The monoisotopic (exact) mass is 272 g/mol. The molecule has 18 heavy (non-hydrogen) atoms. The third-order valence-electron chi connectivity index (χ3n) is 3.92. The lowest BCUT2D eigenvalue weighted by Gasteiger charge is -2.32. The van der Waals surface area contributed by atoms with Crippen molar-refractivity contribution in [3.63, 3.8) is 0 Å². The fourth-order valence-electron chi connectivity index (χ4n) is 2.65. The predicted molar refractivity (Wildman–Crippen MR) is 75.0 cm³/mol. The van der Waals surface area contributed by atoms with Crippen LogP contribution in [0, 0.1) is 5.92 Å². The lowest BCUT2D eigenvalue weighted by Crippen LogP contribution is -2.46. The van der Waals surface area contributed by atoms with Gasteiger partial charge in [0.25, 0.3) is 0 Å². The van der Waals surface area contributed by atoms with Crippen molar-refractivity contribution in [3.8, 4) is 0 Å². The third-order valence-corrected chi connectivity index (χ3v) is 4.74.